The highest BCUT2D eigenvalue weighted by Crippen LogP contribution is 2.11. The molecule has 0 aromatic rings. The summed E-state index contributed by atoms with van der Waals surface area (Å²) in [6, 6.07) is 0. The lowest BCUT2D eigenvalue weighted by molar-refractivity contribution is -0.143. The minimum absolute atomic E-state index is 0.0147. The third-order valence-corrected chi connectivity index (χ3v) is 5.45. The number of epoxide rings is 2. The molecule has 2 fully saturated rings. The van der Waals surface area contributed by atoms with Gasteiger partial charge in [-0.2, -0.15) is 0 Å². The molecule has 0 bridgehead atoms. The maximum atomic E-state index is 11.6. The molecular formula is C27H54O4. The van der Waals surface area contributed by atoms with E-state index >= 15 is 0 Å². The number of ether oxygens (including phenoxy) is 3. The van der Waals surface area contributed by atoms with Crippen LogP contribution < -0.4 is 0 Å². The Morgan fingerprint density at radius 3 is 1.42 bits per heavy atom. The van der Waals surface area contributed by atoms with Gasteiger partial charge in [0.2, 0.25) is 0 Å². The number of rotatable bonds is 19. The number of carbonyl (C=O) groups excluding carboxylic acids is 1. The Balaban J connectivity index is 0.00000106. The van der Waals surface area contributed by atoms with Crippen LogP contribution in [0.4, 0.5) is 0 Å². The first-order chi connectivity index (χ1) is 15.2. The number of hydrogen-bond acceptors (Lipinski definition) is 4. The lowest BCUT2D eigenvalue weighted by Crippen LogP contribution is -2.05. The molecule has 2 rings (SSSR count). The predicted octanol–water partition coefficient (Wildman–Crippen LogP) is 8.01. The van der Waals surface area contributed by atoms with Gasteiger partial charge in [-0.25, -0.2) is 0 Å². The van der Waals surface area contributed by atoms with Gasteiger partial charge in [-0.1, -0.05) is 110 Å². The molecule has 1 unspecified atom stereocenters. The molecule has 2 aliphatic rings. The molecule has 0 radical (unpaired) electrons. The maximum absolute atomic E-state index is 11.6. The summed E-state index contributed by atoms with van der Waals surface area (Å²) in [5.74, 6) is 0.0147. The Labute approximate surface area is 194 Å². The van der Waals surface area contributed by atoms with Crippen LogP contribution in [0.5, 0.6) is 0 Å². The summed E-state index contributed by atoms with van der Waals surface area (Å²) in [5.41, 5.74) is 0. The van der Waals surface area contributed by atoms with Crippen LogP contribution in [-0.2, 0) is 19.0 Å². The number of carbonyl (C=O) groups is 1. The van der Waals surface area contributed by atoms with E-state index in [1.807, 2.05) is 0 Å². The smallest absolute Gasteiger partial charge is 0.305 e. The lowest BCUT2D eigenvalue weighted by atomic mass is 10.1. The van der Waals surface area contributed by atoms with Crippen LogP contribution in [0.2, 0.25) is 0 Å². The highest BCUT2D eigenvalue weighted by Gasteiger charge is 2.13. The third-order valence-electron chi connectivity index (χ3n) is 5.45. The lowest BCUT2D eigenvalue weighted by Gasteiger charge is -2.05. The van der Waals surface area contributed by atoms with Crippen LogP contribution in [0.1, 0.15) is 136 Å². The van der Waals surface area contributed by atoms with Gasteiger partial charge < -0.3 is 14.2 Å². The molecule has 0 aromatic heterocycles. The Bertz CT molecular complexity index is 326. The molecule has 0 amide bonds. The zero-order valence-electron chi connectivity index (χ0n) is 21.3. The van der Waals surface area contributed by atoms with E-state index in [-0.39, 0.29) is 5.97 Å². The van der Waals surface area contributed by atoms with E-state index in [1.165, 1.54) is 96.3 Å². The molecule has 4 heteroatoms. The Kier molecular flexibility index (Phi) is 25.1. The summed E-state index contributed by atoms with van der Waals surface area (Å²) in [7, 11) is 0. The quantitative estimate of drug-likeness (QED) is 0.115. The van der Waals surface area contributed by atoms with Crippen molar-refractivity contribution in [2.75, 3.05) is 26.4 Å². The van der Waals surface area contributed by atoms with Gasteiger partial charge in [0, 0.05) is 6.42 Å². The molecule has 1 atom stereocenters. The predicted molar refractivity (Wildman–Crippen MR) is 132 cm³/mol. The van der Waals surface area contributed by atoms with Gasteiger partial charge in [0.15, 0.2) is 0 Å². The normalized spacial score (nSPS) is 15.9. The number of esters is 1. The Hall–Kier alpha value is -0.610. The highest BCUT2D eigenvalue weighted by atomic mass is 16.6. The second-order valence-electron chi connectivity index (χ2n) is 9.03. The summed E-state index contributed by atoms with van der Waals surface area (Å²) >= 11 is 0. The van der Waals surface area contributed by atoms with Gasteiger partial charge in [0.1, 0.15) is 0 Å². The average molecular weight is 443 g/mol. The maximum Gasteiger partial charge on any atom is 0.305 e. The van der Waals surface area contributed by atoms with Crippen molar-refractivity contribution in [3.8, 4) is 0 Å². The summed E-state index contributed by atoms with van der Waals surface area (Å²) in [4.78, 5) is 11.6. The molecule has 2 heterocycles. The van der Waals surface area contributed by atoms with Gasteiger partial charge in [-0.3, -0.25) is 4.79 Å². The summed E-state index contributed by atoms with van der Waals surface area (Å²) in [6.45, 7) is 10.2. The van der Waals surface area contributed by atoms with E-state index in [2.05, 4.69) is 25.5 Å². The van der Waals surface area contributed by atoms with Crippen LogP contribution in [-0.4, -0.2) is 38.5 Å². The second kappa shape index (κ2) is 25.6. The largest absolute Gasteiger partial charge is 0.466 e. The van der Waals surface area contributed by atoms with E-state index in [4.69, 9.17) is 9.47 Å². The summed E-state index contributed by atoms with van der Waals surface area (Å²) < 4.78 is 14.5. The second-order valence-corrected chi connectivity index (χ2v) is 9.03. The van der Waals surface area contributed by atoms with Gasteiger partial charge in [0.05, 0.1) is 32.5 Å². The van der Waals surface area contributed by atoms with Gasteiger partial charge >= 0.3 is 5.97 Å². The van der Waals surface area contributed by atoms with Crippen LogP contribution in [0.25, 0.3) is 0 Å². The van der Waals surface area contributed by atoms with E-state index in [1.54, 1.807) is 0 Å². The van der Waals surface area contributed by atoms with E-state index in [9.17, 15) is 4.79 Å². The first kappa shape index (κ1) is 30.4. The van der Waals surface area contributed by atoms with Crippen molar-refractivity contribution >= 4 is 5.97 Å². The standard InChI is InChI=1S/C22H44O2.C3H6O.C2H4O/c1-3-5-7-9-11-13-14-16-18-20-22(23)24-21-19-17-15-12-10-8-6-4-2;1-3-2-4-3;1-2-3-1/h3-21H2,1-2H3;3H,2H2,1H3;1-2H2. The van der Waals surface area contributed by atoms with Crippen molar-refractivity contribution in [2.24, 2.45) is 0 Å². The van der Waals surface area contributed by atoms with Crippen LogP contribution in [0.3, 0.4) is 0 Å². The van der Waals surface area contributed by atoms with Gasteiger partial charge in [-0.15, -0.1) is 0 Å². The van der Waals surface area contributed by atoms with Crippen LogP contribution >= 0.6 is 0 Å². The molecule has 0 aliphatic carbocycles. The summed E-state index contributed by atoms with van der Waals surface area (Å²) in [6.07, 6.45) is 23.1. The molecule has 2 aliphatic heterocycles. The van der Waals surface area contributed by atoms with Crippen molar-refractivity contribution < 1.29 is 19.0 Å². The third kappa shape index (κ3) is 34.2. The van der Waals surface area contributed by atoms with Crippen molar-refractivity contribution in [2.45, 2.75) is 142 Å². The van der Waals surface area contributed by atoms with Crippen molar-refractivity contribution in [3.63, 3.8) is 0 Å². The van der Waals surface area contributed by atoms with Crippen molar-refractivity contribution in [1.29, 1.82) is 0 Å². The van der Waals surface area contributed by atoms with Crippen LogP contribution in [0, 0.1) is 0 Å². The van der Waals surface area contributed by atoms with Crippen LogP contribution in [0.15, 0.2) is 0 Å². The number of hydrogen-bond donors (Lipinski definition) is 0. The average Bonchev–Trinajstić information content (AvgIpc) is 3.67. The Morgan fingerprint density at radius 1 is 0.710 bits per heavy atom. The fourth-order valence-electron chi connectivity index (χ4n) is 3.17. The zero-order chi connectivity index (χ0) is 22.8. The fraction of sp³-hybridized carbons (Fsp3) is 0.963. The number of unbranched alkanes of at least 4 members (excludes halogenated alkanes) is 15. The molecule has 2 saturated heterocycles. The van der Waals surface area contributed by atoms with Gasteiger partial charge in [0.25, 0.3) is 0 Å². The van der Waals surface area contributed by atoms with E-state index < -0.39 is 0 Å². The molecule has 0 N–H and O–H groups in total. The Morgan fingerprint density at radius 2 is 1.06 bits per heavy atom. The molecule has 0 spiro atoms. The van der Waals surface area contributed by atoms with E-state index in [0.29, 0.717) is 19.1 Å². The molecule has 31 heavy (non-hydrogen) atoms. The molecule has 0 saturated carbocycles. The van der Waals surface area contributed by atoms with Crippen molar-refractivity contribution in [1.82, 2.24) is 0 Å². The highest BCUT2D eigenvalue weighted by molar-refractivity contribution is 5.69. The molecular weight excluding hydrogens is 388 g/mol. The molecule has 186 valence electrons. The first-order valence-electron chi connectivity index (χ1n) is 13.6. The first-order valence-corrected chi connectivity index (χ1v) is 13.6. The fourth-order valence-corrected chi connectivity index (χ4v) is 3.17. The topological polar surface area (TPSA) is 51.4 Å². The minimum atomic E-state index is 0.0147. The molecule has 4 nitrogen and oxygen atoms in total. The monoisotopic (exact) mass is 442 g/mol. The van der Waals surface area contributed by atoms with Gasteiger partial charge in [-0.05, 0) is 19.8 Å². The van der Waals surface area contributed by atoms with E-state index in [0.717, 1.165) is 32.7 Å². The SMILES string of the molecule is C1CO1.CC1CO1.CCCCCCCCCCCC(=O)OCCCCCCCCCC. The van der Waals surface area contributed by atoms with Crippen molar-refractivity contribution in [3.05, 3.63) is 0 Å². The molecule has 0 aromatic carbocycles. The zero-order valence-corrected chi connectivity index (χ0v) is 21.3. The summed E-state index contributed by atoms with van der Waals surface area (Å²) in [5, 5.41) is 0. The minimum Gasteiger partial charge on any atom is -0.466 e.